The molecule has 154 valence electrons. The third kappa shape index (κ3) is 5.96. The van der Waals surface area contributed by atoms with Gasteiger partial charge in [0.1, 0.15) is 6.54 Å². The van der Waals surface area contributed by atoms with E-state index < -0.39 is 11.4 Å². The lowest BCUT2D eigenvalue weighted by Gasteiger charge is -2.37. The lowest BCUT2D eigenvalue weighted by atomic mass is 9.90. The number of likely N-dealkylation sites (tertiary alicyclic amines) is 1. The Morgan fingerprint density at radius 1 is 1.21 bits per heavy atom. The van der Waals surface area contributed by atoms with Gasteiger partial charge in [-0.25, -0.2) is 0 Å². The zero-order valence-electron chi connectivity index (χ0n) is 17.0. The Morgan fingerprint density at radius 2 is 1.86 bits per heavy atom. The number of carbonyl (C=O) groups is 3. The van der Waals surface area contributed by atoms with Gasteiger partial charge in [0.05, 0.1) is 13.0 Å². The second-order valence-corrected chi connectivity index (χ2v) is 8.67. The van der Waals surface area contributed by atoms with Crippen LogP contribution in [0.4, 0.5) is 0 Å². The monoisotopic (exact) mass is 408 g/mol. The molecule has 0 radical (unpaired) electrons. The quantitative estimate of drug-likeness (QED) is 0.702. The molecule has 0 aliphatic carbocycles. The lowest BCUT2D eigenvalue weighted by molar-refractivity contribution is -0.151. The van der Waals surface area contributed by atoms with E-state index in [9.17, 15) is 14.4 Å². The number of piperidine rings is 1. The minimum absolute atomic E-state index is 0.0437. The number of rotatable bonds is 5. The van der Waals surface area contributed by atoms with Gasteiger partial charge in [-0.1, -0.05) is 44.5 Å². The summed E-state index contributed by atoms with van der Waals surface area (Å²) in [7, 11) is 1.30. The summed E-state index contributed by atoms with van der Waals surface area (Å²) in [6.45, 7) is 6.85. The van der Waals surface area contributed by atoms with E-state index in [4.69, 9.17) is 16.3 Å². The van der Waals surface area contributed by atoms with Crippen LogP contribution in [0.15, 0.2) is 24.3 Å². The predicted octanol–water partition coefficient (Wildman–Crippen LogP) is 3.13. The average Bonchev–Trinajstić information content (AvgIpc) is 2.67. The highest BCUT2D eigenvalue weighted by atomic mass is 35.5. The van der Waals surface area contributed by atoms with Crippen LogP contribution < -0.4 is 0 Å². The van der Waals surface area contributed by atoms with E-state index in [1.54, 1.807) is 17.0 Å². The highest BCUT2D eigenvalue weighted by Crippen LogP contribution is 2.25. The van der Waals surface area contributed by atoms with Crippen LogP contribution >= 0.6 is 11.6 Å². The molecule has 1 atom stereocenters. The van der Waals surface area contributed by atoms with Crippen LogP contribution in [0.25, 0.3) is 0 Å². The highest BCUT2D eigenvalue weighted by Gasteiger charge is 2.35. The zero-order valence-corrected chi connectivity index (χ0v) is 17.8. The number of hydrogen-bond acceptors (Lipinski definition) is 4. The van der Waals surface area contributed by atoms with E-state index in [0.717, 1.165) is 12.0 Å². The maximum absolute atomic E-state index is 13.2. The SMILES string of the molecule is COC(=O)CN(Cc1ccc(Cl)cc1)C(=O)C1CCCN(C(=O)C(C)(C)C)C1. The molecule has 1 aliphatic rings. The van der Waals surface area contributed by atoms with Crippen molar-refractivity contribution in [2.45, 2.75) is 40.2 Å². The van der Waals surface area contributed by atoms with Gasteiger partial charge in [0.2, 0.25) is 11.8 Å². The Bertz CT molecular complexity index is 712. The Morgan fingerprint density at radius 3 is 2.43 bits per heavy atom. The van der Waals surface area contributed by atoms with E-state index >= 15 is 0 Å². The first-order chi connectivity index (χ1) is 13.1. The molecule has 1 fully saturated rings. The summed E-state index contributed by atoms with van der Waals surface area (Å²) in [5.41, 5.74) is 0.389. The van der Waals surface area contributed by atoms with Crippen LogP contribution in [0.2, 0.25) is 5.02 Å². The molecule has 6 nitrogen and oxygen atoms in total. The molecule has 7 heteroatoms. The molecule has 1 aromatic rings. The first-order valence-electron chi connectivity index (χ1n) is 9.51. The number of carbonyl (C=O) groups excluding carboxylic acids is 3. The summed E-state index contributed by atoms with van der Waals surface area (Å²) in [5.74, 6) is -0.883. The Labute approximate surface area is 171 Å². The van der Waals surface area contributed by atoms with Crippen molar-refractivity contribution in [3.63, 3.8) is 0 Å². The van der Waals surface area contributed by atoms with Gasteiger partial charge in [0.15, 0.2) is 0 Å². The summed E-state index contributed by atoms with van der Waals surface area (Å²) in [6.07, 6.45) is 1.47. The third-order valence-electron chi connectivity index (χ3n) is 4.85. The van der Waals surface area contributed by atoms with Gasteiger partial charge in [0.25, 0.3) is 0 Å². The summed E-state index contributed by atoms with van der Waals surface area (Å²) in [5, 5.41) is 0.609. The van der Waals surface area contributed by atoms with Crippen molar-refractivity contribution in [2.75, 3.05) is 26.7 Å². The Kier molecular flexibility index (Phi) is 7.47. The number of benzene rings is 1. The van der Waals surface area contributed by atoms with Gasteiger partial charge in [-0.2, -0.15) is 0 Å². The minimum atomic E-state index is -0.486. The van der Waals surface area contributed by atoms with Gasteiger partial charge in [-0.05, 0) is 30.5 Å². The van der Waals surface area contributed by atoms with E-state index in [1.165, 1.54) is 12.0 Å². The molecule has 0 bridgehead atoms. The first kappa shape index (κ1) is 22.2. The summed E-state index contributed by atoms with van der Waals surface area (Å²) in [4.78, 5) is 40.9. The summed E-state index contributed by atoms with van der Waals surface area (Å²) >= 11 is 5.93. The zero-order chi connectivity index (χ0) is 20.9. The molecule has 28 heavy (non-hydrogen) atoms. The van der Waals surface area contributed by atoms with Crippen LogP contribution in [0.1, 0.15) is 39.2 Å². The highest BCUT2D eigenvalue weighted by molar-refractivity contribution is 6.30. The molecular weight excluding hydrogens is 380 g/mol. The Hall–Kier alpha value is -2.08. The maximum atomic E-state index is 13.2. The first-order valence-corrected chi connectivity index (χ1v) is 9.89. The van der Waals surface area contributed by atoms with E-state index in [2.05, 4.69) is 0 Å². The van der Waals surface area contributed by atoms with Crippen LogP contribution in [0, 0.1) is 11.3 Å². The molecule has 0 saturated carbocycles. The van der Waals surface area contributed by atoms with Crippen molar-refractivity contribution in [1.82, 2.24) is 9.80 Å². The number of methoxy groups -OCH3 is 1. The predicted molar refractivity (Wildman–Crippen MR) is 108 cm³/mol. The molecule has 0 aromatic heterocycles. The van der Waals surface area contributed by atoms with Crippen LogP contribution in [-0.2, 0) is 25.7 Å². The standard InChI is InChI=1S/C21H29ClN2O4/c1-21(2,3)20(27)23-11-5-6-16(13-23)19(26)24(14-18(25)28-4)12-15-7-9-17(22)10-8-15/h7-10,16H,5-6,11-14H2,1-4H3. The summed E-state index contributed by atoms with van der Waals surface area (Å²) < 4.78 is 4.76. The number of nitrogens with zero attached hydrogens (tertiary/aromatic N) is 2. The Balaban J connectivity index is 2.14. The molecule has 1 aliphatic heterocycles. The number of esters is 1. The topological polar surface area (TPSA) is 66.9 Å². The molecule has 1 saturated heterocycles. The van der Waals surface area contributed by atoms with Crippen molar-refractivity contribution in [2.24, 2.45) is 11.3 Å². The maximum Gasteiger partial charge on any atom is 0.325 e. The number of halogens is 1. The van der Waals surface area contributed by atoms with Gasteiger partial charge >= 0.3 is 5.97 Å². The summed E-state index contributed by atoms with van der Waals surface area (Å²) in [6, 6.07) is 7.16. The number of hydrogen-bond donors (Lipinski definition) is 0. The van der Waals surface area contributed by atoms with Crippen LogP contribution in [0.3, 0.4) is 0 Å². The molecule has 1 aromatic carbocycles. The fraction of sp³-hybridized carbons (Fsp3) is 0.571. The van der Waals surface area contributed by atoms with E-state index in [1.807, 2.05) is 32.9 Å². The van der Waals surface area contributed by atoms with Crippen molar-refractivity contribution < 1.29 is 19.1 Å². The van der Waals surface area contributed by atoms with Gasteiger partial charge < -0.3 is 14.5 Å². The van der Waals surface area contributed by atoms with Gasteiger partial charge in [-0.15, -0.1) is 0 Å². The second kappa shape index (κ2) is 9.41. The second-order valence-electron chi connectivity index (χ2n) is 8.24. The fourth-order valence-corrected chi connectivity index (χ4v) is 3.46. The molecular formula is C21H29ClN2O4. The molecule has 0 N–H and O–H groups in total. The largest absolute Gasteiger partial charge is 0.468 e. The third-order valence-corrected chi connectivity index (χ3v) is 5.10. The van der Waals surface area contributed by atoms with E-state index in [-0.39, 0.29) is 30.8 Å². The molecule has 1 unspecified atom stereocenters. The average molecular weight is 409 g/mol. The lowest BCUT2D eigenvalue weighted by Crippen LogP contribution is -2.50. The van der Waals surface area contributed by atoms with Gasteiger partial charge in [-0.3, -0.25) is 14.4 Å². The molecule has 1 heterocycles. The molecule has 2 rings (SSSR count). The van der Waals surface area contributed by atoms with E-state index in [0.29, 0.717) is 24.5 Å². The smallest absolute Gasteiger partial charge is 0.325 e. The number of amides is 2. The van der Waals surface area contributed by atoms with Crippen molar-refractivity contribution in [1.29, 1.82) is 0 Å². The minimum Gasteiger partial charge on any atom is -0.468 e. The van der Waals surface area contributed by atoms with Crippen molar-refractivity contribution in [3.8, 4) is 0 Å². The fourth-order valence-electron chi connectivity index (χ4n) is 3.34. The van der Waals surface area contributed by atoms with Crippen molar-refractivity contribution >= 4 is 29.4 Å². The van der Waals surface area contributed by atoms with Crippen molar-refractivity contribution in [3.05, 3.63) is 34.9 Å². The van der Waals surface area contributed by atoms with Gasteiger partial charge in [0, 0.05) is 30.1 Å². The van der Waals surface area contributed by atoms with Crippen LogP contribution in [-0.4, -0.2) is 54.3 Å². The van der Waals surface area contributed by atoms with Crippen LogP contribution in [0.5, 0.6) is 0 Å². The number of ether oxygens (including phenoxy) is 1. The normalized spacial score (nSPS) is 17.2. The molecule has 0 spiro atoms. The molecule has 2 amide bonds.